The van der Waals surface area contributed by atoms with E-state index in [2.05, 4.69) is 31.9 Å². The standard InChI is InChI=1S/C15H11Br2ClO3/c1-9-2-4-13(11(17)6-9)20-8-15(19)21-14-5-3-10(16)7-12(14)18/h2-7H,8H2,1H3. The molecule has 0 fully saturated rings. The summed E-state index contributed by atoms with van der Waals surface area (Å²) in [7, 11) is 0. The van der Waals surface area contributed by atoms with Gasteiger partial charge in [-0.2, -0.15) is 0 Å². The molecule has 2 aromatic rings. The molecule has 110 valence electrons. The van der Waals surface area contributed by atoms with Crippen molar-refractivity contribution in [3.63, 3.8) is 0 Å². The Balaban J connectivity index is 1.96. The Hall–Kier alpha value is -1.04. The van der Waals surface area contributed by atoms with Gasteiger partial charge in [-0.05, 0) is 58.7 Å². The van der Waals surface area contributed by atoms with E-state index in [9.17, 15) is 4.79 Å². The van der Waals surface area contributed by atoms with E-state index < -0.39 is 5.97 Å². The number of halogens is 3. The lowest BCUT2D eigenvalue weighted by atomic mass is 10.2. The molecular formula is C15H11Br2ClO3. The lowest BCUT2D eigenvalue weighted by Gasteiger charge is -2.09. The fourth-order valence-electron chi connectivity index (χ4n) is 1.57. The van der Waals surface area contributed by atoms with Gasteiger partial charge >= 0.3 is 5.97 Å². The number of aryl methyl sites for hydroxylation is 1. The summed E-state index contributed by atoms with van der Waals surface area (Å²) in [5.41, 5.74) is 1.10. The summed E-state index contributed by atoms with van der Waals surface area (Å²) in [4.78, 5) is 11.8. The molecule has 0 amide bonds. The van der Waals surface area contributed by atoms with Crippen LogP contribution in [0, 0.1) is 6.92 Å². The molecule has 0 atom stereocenters. The van der Waals surface area contributed by atoms with Crippen LogP contribution >= 0.6 is 43.5 Å². The zero-order chi connectivity index (χ0) is 15.4. The largest absolute Gasteiger partial charge is 0.481 e. The monoisotopic (exact) mass is 432 g/mol. The highest BCUT2D eigenvalue weighted by Gasteiger charge is 2.11. The van der Waals surface area contributed by atoms with Gasteiger partial charge in [0.25, 0.3) is 0 Å². The Morgan fingerprint density at radius 1 is 1.14 bits per heavy atom. The molecule has 0 saturated carbocycles. The van der Waals surface area contributed by atoms with Crippen molar-refractivity contribution in [3.8, 4) is 11.5 Å². The molecule has 21 heavy (non-hydrogen) atoms. The minimum absolute atomic E-state index is 0.200. The smallest absolute Gasteiger partial charge is 0.349 e. The minimum atomic E-state index is -0.522. The number of benzene rings is 2. The summed E-state index contributed by atoms with van der Waals surface area (Å²) in [6.45, 7) is 1.77. The maximum absolute atomic E-state index is 11.8. The number of hydrogen-bond acceptors (Lipinski definition) is 3. The van der Waals surface area contributed by atoms with Crippen LogP contribution in [0.25, 0.3) is 0 Å². The highest BCUT2D eigenvalue weighted by atomic mass is 79.9. The highest BCUT2D eigenvalue weighted by Crippen LogP contribution is 2.28. The van der Waals surface area contributed by atoms with Gasteiger partial charge in [-0.25, -0.2) is 4.79 Å². The zero-order valence-corrected chi connectivity index (χ0v) is 15.0. The molecule has 0 radical (unpaired) electrons. The van der Waals surface area contributed by atoms with Crippen LogP contribution in [0.5, 0.6) is 11.5 Å². The fraction of sp³-hybridized carbons (Fsp3) is 0.133. The lowest BCUT2D eigenvalue weighted by Crippen LogP contribution is -2.18. The first-order chi connectivity index (χ1) is 9.95. The van der Waals surface area contributed by atoms with Crippen molar-refractivity contribution in [2.24, 2.45) is 0 Å². The molecule has 0 saturated heterocycles. The number of rotatable bonds is 4. The summed E-state index contributed by atoms with van der Waals surface area (Å²) in [5.74, 6) is 0.364. The van der Waals surface area contributed by atoms with E-state index in [0.29, 0.717) is 16.5 Å². The van der Waals surface area contributed by atoms with Crippen molar-refractivity contribution in [1.82, 2.24) is 0 Å². The molecule has 0 unspecified atom stereocenters. The number of carbonyl (C=O) groups is 1. The molecule has 2 rings (SSSR count). The van der Waals surface area contributed by atoms with Crippen molar-refractivity contribution >= 4 is 49.4 Å². The van der Waals surface area contributed by atoms with E-state index in [1.165, 1.54) is 0 Å². The Bertz CT molecular complexity index is 674. The maximum atomic E-state index is 11.8. The van der Waals surface area contributed by atoms with Gasteiger partial charge in [-0.3, -0.25) is 0 Å². The van der Waals surface area contributed by atoms with Crippen LogP contribution in [0.4, 0.5) is 0 Å². The van der Waals surface area contributed by atoms with Crippen LogP contribution in [0.1, 0.15) is 5.56 Å². The summed E-state index contributed by atoms with van der Waals surface area (Å²) in [5, 5.41) is 0.356. The van der Waals surface area contributed by atoms with Gasteiger partial charge in [0, 0.05) is 4.47 Å². The molecule has 0 aliphatic carbocycles. The number of ether oxygens (including phenoxy) is 2. The van der Waals surface area contributed by atoms with Crippen LogP contribution in [-0.2, 0) is 4.79 Å². The van der Waals surface area contributed by atoms with E-state index in [4.69, 9.17) is 21.1 Å². The third kappa shape index (κ3) is 4.73. The highest BCUT2D eigenvalue weighted by molar-refractivity contribution is 9.10. The Kier molecular flexibility index (Phi) is 5.67. The van der Waals surface area contributed by atoms with Gasteiger partial charge in [-0.15, -0.1) is 0 Å². The maximum Gasteiger partial charge on any atom is 0.349 e. The lowest BCUT2D eigenvalue weighted by molar-refractivity contribution is -0.136. The summed E-state index contributed by atoms with van der Waals surface area (Å²) in [6.07, 6.45) is 0. The second-order valence-corrected chi connectivity index (χ2v) is 6.45. The van der Waals surface area contributed by atoms with Crippen LogP contribution < -0.4 is 9.47 Å². The summed E-state index contributed by atoms with van der Waals surface area (Å²) in [6, 6.07) is 10.6. The molecule has 0 N–H and O–H groups in total. The van der Waals surface area contributed by atoms with Crippen molar-refractivity contribution in [3.05, 3.63) is 55.9 Å². The number of hydrogen-bond donors (Lipinski definition) is 0. The Labute approximate surface area is 144 Å². The zero-order valence-electron chi connectivity index (χ0n) is 11.0. The number of esters is 1. The average Bonchev–Trinajstić information content (AvgIpc) is 2.41. The molecule has 0 heterocycles. The average molecular weight is 435 g/mol. The molecule has 0 aliphatic heterocycles. The van der Waals surface area contributed by atoms with Gasteiger partial charge in [0.05, 0.1) is 9.50 Å². The van der Waals surface area contributed by atoms with E-state index in [1.807, 2.05) is 19.1 Å². The first-order valence-electron chi connectivity index (χ1n) is 6.00. The second-order valence-electron chi connectivity index (χ2n) is 4.27. The Morgan fingerprint density at radius 3 is 2.52 bits per heavy atom. The van der Waals surface area contributed by atoms with Gasteiger partial charge in [0.15, 0.2) is 6.61 Å². The van der Waals surface area contributed by atoms with Crippen LogP contribution in [-0.4, -0.2) is 12.6 Å². The van der Waals surface area contributed by atoms with E-state index in [0.717, 1.165) is 14.5 Å². The van der Waals surface area contributed by atoms with Crippen LogP contribution in [0.3, 0.4) is 0 Å². The first-order valence-corrected chi connectivity index (χ1v) is 7.97. The quantitative estimate of drug-likeness (QED) is 0.493. The van der Waals surface area contributed by atoms with E-state index in [1.54, 1.807) is 24.3 Å². The third-order valence-corrected chi connectivity index (χ3v) is 3.96. The molecule has 0 aromatic heterocycles. The number of carbonyl (C=O) groups excluding carboxylic acids is 1. The predicted octanol–water partition coefficient (Wildman–Crippen LogP) is 5.16. The summed E-state index contributed by atoms with van der Waals surface area (Å²) >= 11 is 12.6. The van der Waals surface area contributed by atoms with Gasteiger partial charge in [0.2, 0.25) is 0 Å². The predicted molar refractivity (Wildman–Crippen MR) is 89.2 cm³/mol. The van der Waals surface area contributed by atoms with Crippen molar-refractivity contribution < 1.29 is 14.3 Å². The van der Waals surface area contributed by atoms with E-state index >= 15 is 0 Å². The first kappa shape index (κ1) is 16.3. The second kappa shape index (κ2) is 7.29. The normalized spacial score (nSPS) is 10.3. The van der Waals surface area contributed by atoms with Crippen LogP contribution in [0.15, 0.2) is 45.3 Å². The summed E-state index contributed by atoms with van der Waals surface area (Å²) < 4.78 is 12.2. The molecule has 0 spiro atoms. The van der Waals surface area contributed by atoms with Gasteiger partial charge in [-0.1, -0.05) is 33.6 Å². The van der Waals surface area contributed by atoms with Crippen molar-refractivity contribution in [1.29, 1.82) is 0 Å². The van der Waals surface area contributed by atoms with Crippen LogP contribution in [0.2, 0.25) is 5.02 Å². The molecule has 0 bridgehead atoms. The SMILES string of the molecule is Cc1ccc(OCC(=O)Oc2ccc(Br)cc2Cl)c(Br)c1. The van der Waals surface area contributed by atoms with E-state index in [-0.39, 0.29) is 6.61 Å². The Morgan fingerprint density at radius 2 is 1.86 bits per heavy atom. The van der Waals surface area contributed by atoms with Crippen molar-refractivity contribution in [2.45, 2.75) is 6.92 Å². The molecule has 6 heteroatoms. The van der Waals surface area contributed by atoms with Crippen molar-refractivity contribution in [2.75, 3.05) is 6.61 Å². The minimum Gasteiger partial charge on any atom is -0.481 e. The molecule has 2 aromatic carbocycles. The van der Waals surface area contributed by atoms with Gasteiger partial charge in [0.1, 0.15) is 11.5 Å². The van der Waals surface area contributed by atoms with Gasteiger partial charge < -0.3 is 9.47 Å². The molecule has 3 nitrogen and oxygen atoms in total. The third-order valence-electron chi connectivity index (χ3n) is 2.55. The molecule has 0 aliphatic rings. The topological polar surface area (TPSA) is 35.5 Å². The fourth-order valence-corrected chi connectivity index (χ4v) is 2.89. The molecular weight excluding hydrogens is 423 g/mol.